The van der Waals surface area contributed by atoms with Gasteiger partial charge in [0.1, 0.15) is 0 Å². The van der Waals surface area contributed by atoms with Gasteiger partial charge in [0.05, 0.1) is 4.92 Å². The van der Waals surface area contributed by atoms with Crippen LogP contribution in [0.25, 0.3) is 0 Å². The van der Waals surface area contributed by atoms with Crippen molar-refractivity contribution in [2.24, 2.45) is 0 Å². The van der Waals surface area contributed by atoms with Crippen LogP contribution in [0.1, 0.15) is 19.3 Å². The Balaban J connectivity index is 0.000000486. The van der Waals surface area contributed by atoms with E-state index in [1.165, 1.54) is 24.1 Å². The molecule has 0 N–H and O–H groups in total. The SMILES string of the molecule is O=C(CCC[C]1[CH][CH][CH][CH]1)Oc1ccccc1[N+](=O)[O-].[CH]1[CH][CH][CH][CH]1.[Fe+2]. The van der Waals surface area contributed by atoms with E-state index in [-0.39, 0.29) is 34.9 Å². The van der Waals surface area contributed by atoms with Crippen molar-refractivity contribution < 1.29 is 31.5 Å². The molecular formula is C20H19FeNO4+2. The predicted molar refractivity (Wildman–Crippen MR) is 94.5 cm³/mol. The molecule has 1 aromatic carbocycles. The molecule has 6 heteroatoms. The number of para-hydroxylation sites is 2. The maximum absolute atomic E-state index is 11.7. The maximum Gasteiger partial charge on any atom is 2.00 e. The van der Waals surface area contributed by atoms with E-state index in [9.17, 15) is 14.9 Å². The first-order chi connectivity index (χ1) is 12.2. The number of hydrogen-bond donors (Lipinski definition) is 0. The summed E-state index contributed by atoms with van der Waals surface area (Å²) in [5.41, 5.74) is -0.197. The molecule has 5 nitrogen and oxygen atoms in total. The van der Waals surface area contributed by atoms with Crippen LogP contribution in [-0.2, 0) is 21.9 Å². The average Bonchev–Trinajstić information content (AvgIpc) is 3.32. The molecule has 1 aromatic rings. The molecule has 26 heavy (non-hydrogen) atoms. The van der Waals surface area contributed by atoms with Crippen molar-refractivity contribution in [3.8, 4) is 5.75 Å². The van der Waals surface area contributed by atoms with E-state index in [2.05, 4.69) is 0 Å². The average molecular weight is 393 g/mol. The Morgan fingerprint density at radius 1 is 0.962 bits per heavy atom. The first kappa shape index (κ1) is 22.7. The second kappa shape index (κ2) is 12.9. The number of carbonyl (C=O) groups excluding carboxylic acids is 1. The molecule has 0 aliphatic heterocycles. The van der Waals surface area contributed by atoms with E-state index < -0.39 is 10.9 Å². The van der Waals surface area contributed by atoms with Gasteiger partial charge in [0.15, 0.2) is 0 Å². The standard InChI is InChI=1S/C15H14NO4.C5H5.Fe/c17-15(11-5-8-12-6-1-2-7-12)20-14-10-4-3-9-13(14)16(18)19;1-2-4-5-3-1;/h1-4,6-7,9-10H,5,8,11H2;1-5H;/q;;+2. The number of esters is 1. The minimum absolute atomic E-state index is 0. The zero-order chi connectivity index (χ0) is 17.9. The number of carbonyl (C=O) groups is 1. The van der Waals surface area contributed by atoms with Crippen molar-refractivity contribution in [1.82, 2.24) is 0 Å². The van der Waals surface area contributed by atoms with Gasteiger partial charge in [-0.1, -0.05) is 12.1 Å². The number of nitrogens with zero attached hydrogens (tertiary/aromatic N) is 1. The molecule has 2 fully saturated rings. The summed E-state index contributed by atoms with van der Waals surface area (Å²) in [5.74, 6) is 0.713. The van der Waals surface area contributed by atoms with Gasteiger partial charge in [-0.2, -0.15) is 0 Å². The fourth-order valence-electron chi connectivity index (χ4n) is 2.21. The summed E-state index contributed by atoms with van der Waals surface area (Å²) in [5, 5.41) is 10.8. The predicted octanol–water partition coefficient (Wildman–Crippen LogP) is 4.09. The molecule has 2 aliphatic rings. The summed E-state index contributed by atoms with van der Waals surface area (Å²) in [6.45, 7) is 0. The quantitative estimate of drug-likeness (QED) is 0.240. The van der Waals surface area contributed by atoms with Crippen molar-refractivity contribution in [2.45, 2.75) is 19.3 Å². The van der Waals surface area contributed by atoms with Gasteiger partial charge in [-0.3, -0.25) is 14.9 Å². The zero-order valence-corrected chi connectivity index (χ0v) is 15.2. The van der Waals surface area contributed by atoms with Crippen LogP contribution >= 0.6 is 0 Å². The summed E-state index contributed by atoms with van der Waals surface area (Å²) < 4.78 is 5.05. The maximum atomic E-state index is 11.7. The minimum Gasteiger partial charge on any atom is -0.419 e. The van der Waals surface area contributed by atoms with Gasteiger partial charge in [0, 0.05) is 12.5 Å². The molecule has 0 bridgehead atoms. The van der Waals surface area contributed by atoms with E-state index in [0.29, 0.717) is 6.42 Å². The Kier molecular flexibility index (Phi) is 11.2. The Labute approximate surface area is 166 Å². The van der Waals surface area contributed by atoms with Crippen LogP contribution in [-0.4, -0.2) is 10.9 Å². The summed E-state index contributed by atoms with van der Waals surface area (Å²) in [6.07, 6.45) is 19.6. The van der Waals surface area contributed by atoms with Crippen LogP contribution < -0.4 is 4.74 Å². The Morgan fingerprint density at radius 3 is 2.12 bits per heavy atom. The number of nitro groups is 1. The molecule has 0 spiro atoms. The molecule has 134 valence electrons. The topological polar surface area (TPSA) is 69.4 Å². The summed E-state index contributed by atoms with van der Waals surface area (Å²) in [7, 11) is 0. The molecule has 0 amide bonds. The monoisotopic (exact) mass is 393 g/mol. The summed E-state index contributed by atoms with van der Waals surface area (Å²) >= 11 is 0. The van der Waals surface area contributed by atoms with E-state index in [4.69, 9.17) is 4.74 Å². The first-order valence-corrected chi connectivity index (χ1v) is 7.98. The number of ether oxygens (including phenoxy) is 1. The van der Waals surface area contributed by atoms with Crippen LogP contribution in [0.15, 0.2) is 24.3 Å². The fourth-order valence-corrected chi connectivity index (χ4v) is 2.21. The zero-order valence-electron chi connectivity index (χ0n) is 14.1. The second-order valence-corrected chi connectivity index (χ2v) is 5.31. The van der Waals surface area contributed by atoms with E-state index in [1.807, 2.05) is 57.8 Å². The summed E-state index contributed by atoms with van der Waals surface area (Å²) in [4.78, 5) is 21.9. The molecular weight excluding hydrogens is 374 g/mol. The van der Waals surface area contributed by atoms with Crippen molar-refractivity contribution in [3.63, 3.8) is 0 Å². The number of hydrogen-bond acceptors (Lipinski definition) is 4. The third-order valence-electron chi connectivity index (χ3n) is 3.42. The second-order valence-electron chi connectivity index (χ2n) is 5.31. The molecule has 0 unspecified atom stereocenters. The third-order valence-corrected chi connectivity index (χ3v) is 3.42. The van der Waals surface area contributed by atoms with Crippen molar-refractivity contribution in [2.75, 3.05) is 0 Å². The van der Waals surface area contributed by atoms with Crippen LogP contribution in [0.4, 0.5) is 5.69 Å². The van der Waals surface area contributed by atoms with Gasteiger partial charge < -0.3 is 4.74 Å². The number of rotatable bonds is 6. The van der Waals surface area contributed by atoms with Gasteiger partial charge in [0.25, 0.3) is 0 Å². The molecule has 10 radical (unpaired) electrons. The molecule has 2 aliphatic carbocycles. The molecule has 3 rings (SSSR count). The van der Waals surface area contributed by atoms with Crippen molar-refractivity contribution >= 4 is 11.7 Å². The van der Waals surface area contributed by atoms with Gasteiger partial charge in [-0.05, 0) is 82.6 Å². The Morgan fingerprint density at radius 2 is 1.54 bits per heavy atom. The van der Waals surface area contributed by atoms with Gasteiger partial charge >= 0.3 is 28.7 Å². The minimum atomic E-state index is -0.563. The fraction of sp³-hybridized carbons (Fsp3) is 0.150. The van der Waals surface area contributed by atoms with Crippen LogP contribution in [0, 0.1) is 73.8 Å². The first-order valence-electron chi connectivity index (χ1n) is 7.98. The van der Waals surface area contributed by atoms with Crippen molar-refractivity contribution in [3.05, 3.63) is 98.1 Å². The van der Waals surface area contributed by atoms with Gasteiger partial charge in [-0.15, -0.1) is 0 Å². The summed E-state index contributed by atoms with van der Waals surface area (Å²) in [6, 6.07) is 5.87. The molecule has 0 aromatic heterocycles. The van der Waals surface area contributed by atoms with E-state index in [1.54, 1.807) is 6.07 Å². The molecule has 0 saturated heterocycles. The van der Waals surface area contributed by atoms with Crippen LogP contribution in [0.3, 0.4) is 0 Å². The normalized spacial score (nSPS) is 16.3. The van der Waals surface area contributed by atoms with E-state index in [0.717, 1.165) is 6.42 Å². The van der Waals surface area contributed by atoms with E-state index >= 15 is 0 Å². The smallest absolute Gasteiger partial charge is 0.419 e. The van der Waals surface area contributed by atoms with Crippen molar-refractivity contribution in [1.29, 1.82) is 0 Å². The molecule has 2 saturated carbocycles. The Hall–Kier alpha value is -1.39. The van der Waals surface area contributed by atoms with Crippen LogP contribution in [0.2, 0.25) is 0 Å². The molecule has 0 atom stereocenters. The largest absolute Gasteiger partial charge is 2.00 e. The van der Waals surface area contributed by atoms with Gasteiger partial charge in [-0.25, -0.2) is 0 Å². The van der Waals surface area contributed by atoms with Gasteiger partial charge in [0.2, 0.25) is 5.75 Å². The molecule has 0 heterocycles. The Bertz CT molecular complexity index is 547. The van der Waals surface area contributed by atoms with Crippen LogP contribution in [0.5, 0.6) is 5.75 Å². The number of nitro benzene ring substituents is 1. The third kappa shape index (κ3) is 8.33. The number of benzene rings is 1.